The lowest BCUT2D eigenvalue weighted by Crippen LogP contribution is -2.32. The summed E-state index contributed by atoms with van der Waals surface area (Å²) < 4.78 is 0. The molecule has 0 unspecified atom stereocenters. The largest absolute Gasteiger partial charge is 0.396 e. The molecule has 0 saturated heterocycles. The van der Waals surface area contributed by atoms with Gasteiger partial charge in [0.05, 0.1) is 5.69 Å². The summed E-state index contributed by atoms with van der Waals surface area (Å²) in [7, 11) is 0. The zero-order valence-electron chi connectivity index (χ0n) is 9.20. The minimum Gasteiger partial charge on any atom is -0.396 e. The molecule has 0 aliphatic carbocycles. The van der Waals surface area contributed by atoms with Crippen molar-refractivity contribution >= 4 is 11.5 Å². The van der Waals surface area contributed by atoms with E-state index in [4.69, 9.17) is 5.73 Å². The van der Waals surface area contributed by atoms with Gasteiger partial charge >= 0.3 is 0 Å². The van der Waals surface area contributed by atoms with Crippen LogP contribution in [0.5, 0.6) is 0 Å². The van der Waals surface area contributed by atoms with E-state index >= 15 is 0 Å². The Bertz CT molecular complexity index is 284. The van der Waals surface area contributed by atoms with E-state index in [2.05, 4.69) is 30.7 Å². The quantitative estimate of drug-likeness (QED) is 0.797. The van der Waals surface area contributed by atoms with Crippen LogP contribution in [0.3, 0.4) is 0 Å². The number of hydrogen-bond donors (Lipinski definition) is 1. The van der Waals surface area contributed by atoms with Crippen molar-refractivity contribution in [2.24, 2.45) is 0 Å². The fraction of sp³-hybridized carbons (Fsp3) is 0.545. The molecule has 1 aromatic rings. The van der Waals surface area contributed by atoms with Crippen LogP contribution in [0, 0.1) is 0 Å². The molecule has 78 valence electrons. The van der Waals surface area contributed by atoms with Crippen LogP contribution in [0.15, 0.2) is 18.3 Å². The zero-order chi connectivity index (χ0) is 10.6. The zero-order valence-corrected chi connectivity index (χ0v) is 9.20. The maximum Gasteiger partial charge on any atom is 0.151 e. The lowest BCUT2D eigenvalue weighted by Gasteiger charge is -2.28. The number of nitrogens with zero attached hydrogens (tertiary/aromatic N) is 2. The number of rotatable bonds is 4. The van der Waals surface area contributed by atoms with E-state index < -0.39 is 0 Å². The summed E-state index contributed by atoms with van der Waals surface area (Å²) in [5.41, 5.74) is 6.64. The molecule has 0 bridgehead atoms. The predicted octanol–water partition coefficient (Wildman–Crippen LogP) is 2.29. The van der Waals surface area contributed by atoms with Crippen LogP contribution >= 0.6 is 0 Å². The number of nitrogen functional groups attached to an aromatic ring is 1. The lowest BCUT2D eigenvalue weighted by molar-refractivity contribution is 0.663. The first-order valence-electron chi connectivity index (χ1n) is 5.14. The van der Waals surface area contributed by atoms with Gasteiger partial charge in [-0.1, -0.05) is 6.92 Å². The minimum absolute atomic E-state index is 0.437. The summed E-state index contributed by atoms with van der Waals surface area (Å²) in [6, 6.07) is 4.20. The Kier molecular flexibility index (Phi) is 3.74. The van der Waals surface area contributed by atoms with Gasteiger partial charge in [-0.15, -0.1) is 0 Å². The van der Waals surface area contributed by atoms with Gasteiger partial charge in [0.25, 0.3) is 0 Å². The van der Waals surface area contributed by atoms with Crippen molar-refractivity contribution in [3.63, 3.8) is 0 Å². The molecule has 0 aliphatic heterocycles. The van der Waals surface area contributed by atoms with Gasteiger partial charge < -0.3 is 10.6 Å². The van der Waals surface area contributed by atoms with Crippen LogP contribution in [0.1, 0.15) is 27.2 Å². The Balaban J connectivity index is 2.93. The van der Waals surface area contributed by atoms with Crippen molar-refractivity contribution in [2.75, 3.05) is 17.2 Å². The molecule has 3 heteroatoms. The summed E-state index contributed by atoms with van der Waals surface area (Å²) in [5.74, 6) is 0.907. The molecule has 3 nitrogen and oxygen atoms in total. The monoisotopic (exact) mass is 193 g/mol. The molecule has 2 N–H and O–H groups in total. The Morgan fingerprint density at radius 2 is 2.21 bits per heavy atom. The molecule has 1 heterocycles. The van der Waals surface area contributed by atoms with E-state index in [1.807, 2.05) is 12.1 Å². The molecule has 14 heavy (non-hydrogen) atoms. The molecule has 0 atom stereocenters. The van der Waals surface area contributed by atoms with Crippen LogP contribution in [-0.4, -0.2) is 17.6 Å². The second kappa shape index (κ2) is 4.84. The highest BCUT2D eigenvalue weighted by atomic mass is 15.2. The van der Waals surface area contributed by atoms with Crippen LogP contribution < -0.4 is 10.6 Å². The highest BCUT2D eigenvalue weighted by molar-refractivity contribution is 5.62. The molecule has 0 aromatic carbocycles. The van der Waals surface area contributed by atoms with Gasteiger partial charge in [-0.3, -0.25) is 0 Å². The van der Waals surface area contributed by atoms with Crippen LogP contribution in [0.2, 0.25) is 0 Å². The first-order chi connectivity index (χ1) is 6.66. The van der Waals surface area contributed by atoms with E-state index in [0.29, 0.717) is 6.04 Å². The van der Waals surface area contributed by atoms with Crippen LogP contribution in [0.4, 0.5) is 11.5 Å². The highest BCUT2D eigenvalue weighted by Gasteiger charge is 2.12. The van der Waals surface area contributed by atoms with Crippen LogP contribution in [-0.2, 0) is 0 Å². The van der Waals surface area contributed by atoms with Gasteiger partial charge in [0.1, 0.15) is 0 Å². The van der Waals surface area contributed by atoms with Crippen molar-refractivity contribution in [3.8, 4) is 0 Å². The summed E-state index contributed by atoms with van der Waals surface area (Å²) in [4.78, 5) is 6.55. The first-order valence-corrected chi connectivity index (χ1v) is 5.14. The maximum absolute atomic E-state index is 5.89. The standard InChI is InChI=1S/C11H19N3/c1-4-8-14(9(2)3)11-10(12)6-5-7-13-11/h5-7,9H,4,8,12H2,1-3H3. The minimum atomic E-state index is 0.437. The molecule has 0 aliphatic rings. The molecule has 0 amide bonds. The predicted molar refractivity (Wildman–Crippen MR) is 61.4 cm³/mol. The number of pyridine rings is 1. The second-order valence-electron chi connectivity index (χ2n) is 3.70. The van der Waals surface area contributed by atoms with Gasteiger partial charge in [-0.25, -0.2) is 4.98 Å². The third-order valence-electron chi connectivity index (χ3n) is 2.18. The average Bonchev–Trinajstić information content (AvgIpc) is 2.15. The highest BCUT2D eigenvalue weighted by Crippen LogP contribution is 2.21. The summed E-state index contributed by atoms with van der Waals surface area (Å²) in [6.07, 6.45) is 2.89. The fourth-order valence-electron chi connectivity index (χ4n) is 1.50. The lowest BCUT2D eigenvalue weighted by atomic mass is 10.2. The molecule has 1 aromatic heterocycles. The molecule has 0 spiro atoms. The maximum atomic E-state index is 5.89. The molecule has 0 fully saturated rings. The van der Waals surface area contributed by atoms with Crippen molar-refractivity contribution in [1.29, 1.82) is 0 Å². The third kappa shape index (κ3) is 2.37. The van der Waals surface area contributed by atoms with E-state index in [-0.39, 0.29) is 0 Å². The Morgan fingerprint density at radius 1 is 1.50 bits per heavy atom. The molecular formula is C11H19N3. The van der Waals surface area contributed by atoms with Gasteiger partial charge in [0, 0.05) is 18.8 Å². The van der Waals surface area contributed by atoms with Gasteiger partial charge in [0.15, 0.2) is 5.82 Å². The SMILES string of the molecule is CCCN(c1ncccc1N)C(C)C. The van der Waals surface area contributed by atoms with Crippen molar-refractivity contribution in [3.05, 3.63) is 18.3 Å². The normalized spacial score (nSPS) is 10.6. The van der Waals surface area contributed by atoms with Crippen LogP contribution in [0.25, 0.3) is 0 Å². The number of anilines is 2. The number of nitrogens with two attached hydrogens (primary N) is 1. The Hall–Kier alpha value is -1.25. The molecular weight excluding hydrogens is 174 g/mol. The van der Waals surface area contributed by atoms with E-state index in [1.165, 1.54) is 0 Å². The smallest absolute Gasteiger partial charge is 0.151 e. The Morgan fingerprint density at radius 3 is 2.71 bits per heavy atom. The summed E-state index contributed by atoms with van der Waals surface area (Å²) in [5, 5.41) is 0. The molecule has 1 rings (SSSR count). The average molecular weight is 193 g/mol. The van der Waals surface area contributed by atoms with E-state index in [0.717, 1.165) is 24.5 Å². The molecule has 0 saturated carbocycles. The number of hydrogen-bond acceptors (Lipinski definition) is 3. The van der Waals surface area contributed by atoms with Gasteiger partial charge in [0.2, 0.25) is 0 Å². The molecule has 0 radical (unpaired) electrons. The van der Waals surface area contributed by atoms with E-state index in [9.17, 15) is 0 Å². The van der Waals surface area contributed by atoms with Crippen molar-refractivity contribution in [2.45, 2.75) is 33.2 Å². The van der Waals surface area contributed by atoms with Gasteiger partial charge in [-0.05, 0) is 32.4 Å². The summed E-state index contributed by atoms with van der Waals surface area (Å²) >= 11 is 0. The summed E-state index contributed by atoms with van der Waals surface area (Å²) in [6.45, 7) is 7.47. The van der Waals surface area contributed by atoms with E-state index in [1.54, 1.807) is 6.20 Å². The number of aromatic nitrogens is 1. The van der Waals surface area contributed by atoms with Gasteiger partial charge in [-0.2, -0.15) is 0 Å². The third-order valence-corrected chi connectivity index (χ3v) is 2.18. The second-order valence-corrected chi connectivity index (χ2v) is 3.70. The first kappa shape index (κ1) is 10.8. The fourth-order valence-corrected chi connectivity index (χ4v) is 1.50. The van der Waals surface area contributed by atoms with Crippen molar-refractivity contribution < 1.29 is 0 Å². The Labute approximate surface area is 85.9 Å². The van der Waals surface area contributed by atoms with Crippen molar-refractivity contribution in [1.82, 2.24) is 4.98 Å². The topological polar surface area (TPSA) is 42.2 Å².